The number of aromatic nitrogens is 1. The molecule has 2 aliphatic rings. The number of benzene rings is 1. The number of carbonyl (C=O) groups is 1. The van der Waals surface area contributed by atoms with E-state index in [1.54, 1.807) is 18.3 Å². The maximum atomic E-state index is 14.4. The first-order valence-electron chi connectivity index (χ1n) is 9.17. The molecule has 1 saturated heterocycles. The van der Waals surface area contributed by atoms with Crippen LogP contribution in [0.3, 0.4) is 0 Å². The maximum absolute atomic E-state index is 14.4. The van der Waals surface area contributed by atoms with Gasteiger partial charge in [0.1, 0.15) is 11.9 Å². The Morgan fingerprint density at radius 2 is 1.88 bits per heavy atom. The normalized spacial score (nSPS) is 24.5. The zero-order valence-electron chi connectivity index (χ0n) is 14.5. The molecule has 1 aromatic carbocycles. The van der Waals surface area contributed by atoms with Gasteiger partial charge >= 0.3 is 0 Å². The summed E-state index contributed by atoms with van der Waals surface area (Å²) in [6, 6.07) is 12.1. The van der Waals surface area contributed by atoms with Gasteiger partial charge in [0, 0.05) is 11.8 Å². The average Bonchev–Trinajstić information content (AvgIpc) is 3.33. The second-order valence-electron chi connectivity index (χ2n) is 7.14. The summed E-state index contributed by atoms with van der Waals surface area (Å²) >= 11 is 0. The molecule has 136 valence electrons. The predicted octanol–water partition coefficient (Wildman–Crippen LogP) is 2.71. The largest absolute Gasteiger partial charge is 0.345 e. The number of hydrogen-bond donors (Lipinski definition) is 3. The first-order valence-corrected chi connectivity index (χ1v) is 9.17. The topological polar surface area (TPSA) is 66.0 Å². The quantitative estimate of drug-likeness (QED) is 0.790. The highest BCUT2D eigenvalue weighted by Gasteiger charge is 2.41. The summed E-state index contributed by atoms with van der Waals surface area (Å²) in [6.07, 6.45) is 5.86. The van der Waals surface area contributed by atoms with Crippen LogP contribution >= 0.6 is 0 Å². The van der Waals surface area contributed by atoms with Crippen LogP contribution in [0.15, 0.2) is 48.7 Å². The Morgan fingerprint density at radius 3 is 2.62 bits per heavy atom. The number of nitrogens with one attached hydrogen (secondary N) is 3. The standard InChI is InChI=1S/C20H23FN4O/c21-15-8-2-1-7-14(15)20(10-4-5-11-20)23-19(26)18-13-17(24-25-18)16-9-3-6-12-22-16/h1-3,6-9,12,17-18,24-25H,4-5,10-11,13H2,(H,23,26). The summed E-state index contributed by atoms with van der Waals surface area (Å²) in [7, 11) is 0. The summed E-state index contributed by atoms with van der Waals surface area (Å²) in [4.78, 5) is 17.3. The van der Waals surface area contributed by atoms with Gasteiger partial charge in [-0.1, -0.05) is 37.1 Å². The van der Waals surface area contributed by atoms with Crippen molar-refractivity contribution in [3.63, 3.8) is 0 Å². The fourth-order valence-electron chi connectivity index (χ4n) is 4.12. The molecule has 0 radical (unpaired) electrons. The summed E-state index contributed by atoms with van der Waals surface area (Å²) in [5, 5.41) is 3.16. The highest BCUT2D eigenvalue weighted by atomic mass is 19.1. The van der Waals surface area contributed by atoms with Crippen molar-refractivity contribution < 1.29 is 9.18 Å². The molecule has 26 heavy (non-hydrogen) atoms. The smallest absolute Gasteiger partial charge is 0.239 e. The van der Waals surface area contributed by atoms with Crippen molar-refractivity contribution in [3.8, 4) is 0 Å². The third-order valence-electron chi connectivity index (χ3n) is 5.47. The second kappa shape index (κ2) is 7.13. The molecular weight excluding hydrogens is 331 g/mol. The minimum absolute atomic E-state index is 0.0139. The summed E-state index contributed by atoms with van der Waals surface area (Å²) in [5.74, 6) is -0.348. The monoisotopic (exact) mass is 354 g/mol. The zero-order valence-corrected chi connectivity index (χ0v) is 14.5. The number of carbonyl (C=O) groups excluding carboxylic acids is 1. The van der Waals surface area contributed by atoms with E-state index in [0.29, 0.717) is 12.0 Å². The third-order valence-corrected chi connectivity index (χ3v) is 5.47. The Labute approximate surface area is 152 Å². The lowest BCUT2D eigenvalue weighted by Crippen LogP contribution is -2.51. The highest BCUT2D eigenvalue weighted by molar-refractivity contribution is 5.83. The molecule has 1 aliphatic carbocycles. The van der Waals surface area contributed by atoms with Gasteiger partial charge in [0.25, 0.3) is 0 Å². The van der Waals surface area contributed by atoms with Gasteiger partial charge in [-0.2, -0.15) is 0 Å². The molecular formula is C20H23FN4O. The van der Waals surface area contributed by atoms with Crippen molar-refractivity contribution in [1.29, 1.82) is 0 Å². The van der Waals surface area contributed by atoms with Crippen LogP contribution in [-0.2, 0) is 10.3 Å². The van der Waals surface area contributed by atoms with Crippen molar-refractivity contribution >= 4 is 5.91 Å². The van der Waals surface area contributed by atoms with Crippen molar-refractivity contribution in [3.05, 3.63) is 65.7 Å². The number of nitrogens with zero attached hydrogens (tertiary/aromatic N) is 1. The molecule has 2 fully saturated rings. The van der Waals surface area contributed by atoms with E-state index in [0.717, 1.165) is 31.4 Å². The van der Waals surface area contributed by atoms with Gasteiger partial charge in [-0.05, 0) is 37.5 Å². The molecule has 0 bridgehead atoms. The van der Waals surface area contributed by atoms with Gasteiger partial charge in [0.15, 0.2) is 0 Å². The van der Waals surface area contributed by atoms with E-state index >= 15 is 0 Å². The second-order valence-corrected chi connectivity index (χ2v) is 7.14. The van der Waals surface area contributed by atoms with E-state index in [1.165, 1.54) is 6.07 Å². The molecule has 5 nitrogen and oxygen atoms in total. The van der Waals surface area contributed by atoms with Crippen LogP contribution in [0.4, 0.5) is 4.39 Å². The Kier molecular flexibility index (Phi) is 4.70. The number of hydrazine groups is 1. The van der Waals surface area contributed by atoms with Crippen LogP contribution < -0.4 is 16.2 Å². The summed E-state index contributed by atoms with van der Waals surface area (Å²) in [6.45, 7) is 0. The minimum atomic E-state index is -0.604. The summed E-state index contributed by atoms with van der Waals surface area (Å²) in [5.41, 5.74) is 7.11. The Morgan fingerprint density at radius 1 is 1.12 bits per heavy atom. The van der Waals surface area contributed by atoms with E-state index in [-0.39, 0.29) is 23.8 Å². The van der Waals surface area contributed by atoms with Crippen molar-refractivity contribution in [2.24, 2.45) is 0 Å². The van der Waals surface area contributed by atoms with Crippen LogP contribution in [0.5, 0.6) is 0 Å². The molecule has 2 unspecified atom stereocenters. The Bertz CT molecular complexity index is 776. The molecule has 2 aromatic rings. The SMILES string of the molecule is O=C(NC1(c2ccccc2F)CCCC1)C1CC(c2ccccn2)NN1. The first-order chi connectivity index (χ1) is 12.7. The Hall–Kier alpha value is -2.31. The number of rotatable bonds is 4. The lowest BCUT2D eigenvalue weighted by atomic mass is 9.87. The van der Waals surface area contributed by atoms with Gasteiger partial charge in [-0.15, -0.1) is 0 Å². The number of hydrogen-bond acceptors (Lipinski definition) is 4. The van der Waals surface area contributed by atoms with Crippen molar-refractivity contribution in [2.75, 3.05) is 0 Å². The molecule has 4 rings (SSSR count). The Balaban J connectivity index is 1.49. The highest BCUT2D eigenvalue weighted by Crippen LogP contribution is 2.40. The molecule has 0 spiro atoms. The lowest BCUT2D eigenvalue weighted by molar-refractivity contribution is -0.125. The van der Waals surface area contributed by atoms with E-state index in [4.69, 9.17) is 0 Å². The summed E-state index contributed by atoms with van der Waals surface area (Å²) < 4.78 is 14.4. The molecule has 3 N–H and O–H groups in total. The molecule has 1 aliphatic heterocycles. The number of pyridine rings is 1. The average molecular weight is 354 g/mol. The van der Waals surface area contributed by atoms with Crippen molar-refractivity contribution in [2.45, 2.75) is 49.7 Å². The fourth-order valence-corrected chi connectivity index (χ4v) is 4.12. The van der Waals surface area contributed by atoms with Crippen LogP contribution in [0.1, 0.15) is 49.4 Å². The van der Waals surface area contributed by atoms with Gasteiger partial charge in [0.05, 0.1) is 17.3 Å². The fraction of sp³-hybridized carbons (Fsp3) is 0.400. The van der Waals surface area contributed by atoms with E-state index in [9.17, 15) is 9.18 Å². The number of halogens is 1. The van der Waals surface area contributed by atoms with Crippen LogP contribution in [0.25, 0.3) is 0 Å². The molecule has 6 heteroatoms. The van der Waals surface area contributed by atoms with Gasteiger partial charge in [0.2, 0.25) is 5.91 Å². The maximum Gasteiger partial charge on any atom is 0.239 e. The molecule has 2 heterocycles. The van der Waals surface area contributed by atoms with Crippen molar-refractivity contribution in [1.82, 2.24) is 21.2 Å². The number of amides is 1. The van der Waals surface area contributed by atoms with E-state index in [1.807, 2.05) is 24.3 Å². The lowest BCUT2D eigenvalue weighted by Gasteiger charge is -2.32. The predicted molar refractivity (Wildman–Crippen MR) is 96.3 cm³/mol. The van der Waals surface area contributed by atoms with Gasteiger partial charge < -0.3 is 5.32 Å². The third kappa shape index (κ3) is 3.22. The van der Waals surface area contributed by atoms with E-state index < -0.39 is 5.54 Å². The van der Waals surface area contributed by atoms with Crippen LogP contribution in [-0.4, -0.2) is 16.9 Å². The van der Waals surface area contributed by atoms with Crippen LogP contribution in [0.2, 0.25) is 0 Å². The van der Waals surface area contributed by atoms with E-state index in [2.05, 4.69) is 21.2 Å². The first kappa shape index (κ1) is 17.1. The molecule has 1 aromatic heterocycles. The molecule has 1 saturated carbocycles. The molecule has 1 amide bonds. The van der Waals surface area contributed by atoms with Gasteiger partial charge in [-0.25, -0.2) is 15.2 Å². The minimum Gasteiger partial charge on any atom is -0.345 e. The molecule has 2 atom stereocenters. The zero-order chi connectivity index (χ0) is 18.0. The van der Waals surface area contributed by atoms with Gasteiger partial charge in [-0.3, -0.25) is 9.78 Å². The van der Waals surface area contributed by atoms with Crippen LogP contribution in [0, 0.1) is 5.82 Å².